The molecule has 2 aromatic carbocycles. The van der Waals surface area contributed by atoms with Crippen LogP contribution in [0.5, 0.6) is 11.5 Å². The lowest BCUT2D eigenvalue weighted by molar-refractivity contribution is -0.335. The Morgan fingerprint density at radius 2 is 1.76 bits per heavy atom. The number of hydrogen-bond acceptors (Lipinski definition) is 11. The number of carbonyl (C=O) groups is 2. The number of ether oxygens (including phenoxy) is 1. The van der Waals surface area contributed by atoms with Crippen molar-refractivity contribution in [2.75, 3.05) is 6.79 Å². The van der Waals surface area contributed by atoms with E-state index in [2.05, 4.69) is 14.8 Å². The second-order valence-electron chi connectivity index (χ2n) is 5.35. The molecule has 0 bridgehead atoms. The summed E-state index contributed by atoms with van der Waals surface area (Å²) in [5.74, 6) is 2.32. The number of carboxylic acid groups (broad SMARTS) is 1. The molecule has 0 aliphatic rings. The molecule has 0 spiro atoms. The van der Waals surface area contributed by atoms with Gasteiger partial charge < -0.3 is 19.8 Å². The van der Waals surface area contributed by atoms with Gasteiger partial charge in [-0.3, -0.25) is 5.26 Å². The monoisotopic (exact) mass is 411 g/mol. The highest BCUT2D eigenvalue weighted by Gasteiger charge is 2.19. The molecule has 0 aliphatic carbocycles. The van der Waals surface area contributed by atoms with Crippen molar-refractivity contribution in [2.45, 2.75) is 13.2 Å². The van der Waals surface area contributed by atoms with E-state index in [-0.39, 0.29) is 35.8 Å². The van der Waals surface area contributed by atoms with E-state index >= 15 is 0 Å². The zero-order valence-electron chi connectivity index (χ0n) is 14.8. The summed E-state index contributed by atoms with van der Waals surface area (Å²) in [6, 6.07) is 7.69. The number of nitrogens with two attached hydrogens (primary N) is 1. The van der Waals surface area contributed by atoms with Crippen LogP contribution in [0.25, 0.3) is 0 Å². The van der Waals surface area contributed by atoms with Crippen LogP contribution in [-0.2, 0) is 37.6 Å². The van der Waals surface area contributed by atoms with Gasteiger partial charge in [0.1, 0.15) is 19.0 Å². The number of carbonyl (C=O) groups excluding carboxylic acids is 1. The summed E-state index contributed by atoms with van der Waals surface area (Å²) in [5, 5.41) is 27.1. The third-order valence-corrected chi connectivity index (χ3v) is 3.53. The van der Waals surface area contributed by atoms with E-state index in [0.29, 0.717) is 11.1 Å². The van der Waals surface area contributed by atoms with Crippen LogP contribution in [-0.4, -0.2) is 34.2 Å². The summed E-state index contributed by atoms with van der Waals surface area (Å²) >= 11 is 0. The van der Waals surface area contributed by atoms with Crippen LogP contribution in [0, 0.1) is 0 Å². The first kappa shape index (κ1) is 22.0. The second-order valence-corrected chi connectivity index (χ2v) is 5.35. The molecule has 29 heavy (non-hydrogen) atoms. The number of phenolic OH excluding ortho intramolecular Hbond substituents is 1. The lowest BCUT2D eigenvalue weighted by Crippen LogP contribution is -2.14. The van der Waals surface area contributed by atoms with Gasteiger partial charge >= 0.3 is 11.9 Å². The highest BCUT2D eigenvalue weighted by Crippen LogP contribution is 2.20. The molecule has 156 valence electrons. The quantitative estimate of drug-likeness (QED) is 0.138. The van der Waals surface area contributed by atoms with Gasteiger partial charge in [-0.2, -0.15) is 10.8 Å². The van der Waals surface area contributed by atoms with Gasteiger partial charge in [-0.1, -0.05) is 11.1 Å². The van der Waals surface area contributed by atoms with Crippen LogP contribution in [0.1, 0.15) is 31.8 Å². The van der Waals surface area contributed by atoms with Gasteiger partial charge in [0.05, 0.1) is 11.1 Å². The summed E-state index contributed by atoms with van der Waals surface area (Å²) in [7, 11) is 0. The van der Waals surface area contributed by atoms with Crippen molar-refractivity contribution in [3.05, 3.63) is 58.7 Å². The third kappa shape index (κ3) is 6.39. The number of hydrogen-bond donors (Lipinski definition) is 4. The third-order valence-electron chi connectivity index (χ3n) is 3.53. The molecule has 0 aliphatic heterocycles. The maximum Gasteiger partial charge on any atom is 0.341 e. The number of aromatic hydroxyl groups is 1. The SMILES string of the molecule is NOOc1ccc(C(=O)O)c(C(=O)OCOOCc2ccc(O)cc2COO)c1. The van der Waals surface area contributed by atoms with Gasteiger partial charge in [0.25, 0.3) is 0 Å². The molecule has 0 amide bonds. The molecule has 0 radical (unpaired) electrons. The topological polar surface area (TPSA) is 176 Å². The van der Waals surface area contributed by atoms with Crippen molar-refractivity contribution in [3.63, 3.8) is 0 Å². The van der Waals surface area contributed by atoms with Crippen molar-refractivity contribution in [2.24, 2.45) is 5.90 Å². The number of esters is 1. The van der Waals surface area contributed by atoms with E-state index in [0.717, 1.165) is 12.1 Å². The lowest BCUT2D eigenvalue weighted by atomic mass is 10.1. The molecule has 0 fully saturated rings. The molecule has 5 N–H and O–H groups in total. The second kappa shape index (κ2) is 10.9. The minimum absolute atomic E-state index is 0.0208. The normalized spacial score (nSPS) is 10.6. The number of aromatic carboxylic acids is 1. The van der Waals surface area contributed by atoms with Gasteiger partial charge in [0.2, 0.25) is 6.79 Å². The fourth-order valence-electron chi connectivity index (χ4n) is 2.24. The molecule has 12 heteroatoms. The largest absolute Gasteiger partial charge is 0.508 e. The number of phenols is 1. The Hall–Kier alpha value is -3.26. The first-order chi connectivity index (χ1) is 14.0. The molecule has 0 unspecified atom stereocenters. The van der Waals surface area contributed by atoms with Crippen LogP contribution < -0.4 is 10.8 Å². The maximum atomic E-state index is 12.1. The van der Waals surface area contributed by atoms with Crippen LogP contribution >= 0.6 is 0 Å². The Morgan fingerprint density at radius 3 is 2.45 bits per heavy atom. The molecular formula is C17H17NO11. The van der Waals surface area contributed by atoms with Crippen LogP contribution in [0.2, 0.25) is 0 Å². The molecule has 2 aromatic rings. The van der Waals surface area contributed by atoms with E-state index in [1.807, 2.05) is 0 Å². The average molecular weight is 411 g/mol. The van der Waals surface area contributed by atoms with Gasteiger partial charge in [0, 0.05) is 0 Å². The molecule has 2 rings (SSSR count). The summed E-state index contributed by atoms with van der Waals surface area (Å²) in [5.41, 5.74) is 0.315. The van der Waals surface area contributed by atoms with Crippen molar-refractivity contribution in [1.29, 1.82) is 0 Å². The van der Waals surface area contributed by atoms with E-state index in [1.54, 1.807) is 0 Å². The van der Waals surface area contributed by atoms with Crippen LogP contribution in [0.15, 0.2) is 36.4 Å². The van der Waals surface area contributed by atoms with Crippen molar-refractivity contribution < 1.29 is 54.3 Å². The predicted octanol–water partition coefficient (Wildman–Crippen LogP) is 1.53. The summed E-state index contributed by atoms with van der Waals surface area (Å²) in [6.45, 7) is -0.959. The number of benzene rings is 2. The Kier molecular flexibility index (Phi) is 8.29. The molecule has 0 aromatic heterocycles. The fraction of sp³-hybridized carbons (Fsp3) is 0.176. The van der Waals surface area contributed by atoms with Gasteiger partial charge in [-0.05, 0) is 41.5 Å². The maximum absolute atomic E-state index is 12.1. The Balaban J connectivity index is 1.90. The van der Waals surface area contributed by atoms with Crippen LogP contribution in [0.3, 0.4) is 0 Å². The van der Waals surface area contributed by atoms with E-state index in [1.165, 1.54) is 24.3 Å². The summed E-state index contributed by atoms with van der Waals surface area (Å²) in [4.78, 5) is 45.5. The molecule has 0 atom stereocenters. The molecular weight excluding hydrogens is 394 g/mol. The Labute approximate surface area is 163 Å². The Morgan fingerprint density at radius 1 is 0.966 bits per heavy atom. The zero-order chi connectivity index (χ0) is 21.2. The summed E-state index contributed by atoms with van der Waals surface area (Å²) < 4.78 is 4.81. The lowest BCUT2D eigenvalue weighted by Gasteiger charge is -2.10. The first-order valence-corrected chi connectivity index (χ1v) is 7.85. The van der Waals surface area contributed by atoms with E-state index < -0.39 is 18.7 Å². The van der Waals surface area contributed by atoms with Crippen LogP contribution in [0.4, 0.5) is 0 Å². The molecule has 0 heterocycles. The Bertz CT molecular complexity index is 855. The molecule has 12 nitrogen and oxygen atoms in total. The number of rotatable bonds is 11. The highest BCUT2D eigenvalue weighted by atomic mass is 17.3. The van der Waals surface area contributed by atoms with Crippen molar-refractivity contribution >= 4 is 11.9 Å². The minimum Gasteiger partial charge on any atom is -0.508 e. The standard InChI is InChI=1S/C17H17NO11/c18-29-28-13-3-4-14(16(20)21)15(6-13)17(22)24-9-27-26-8-10-1-2-12(19)5-11(10)7-25-23/h1-6,19,23H,7-9,18H2,(H,20,21). The fourth-order valence-corrected chi connectivity index (χ4v) is 2.24. The van der Waals surface area contributed by atoms with Crippen molar-refractivity contribution in [1.82, 2.24) is 0 Å². The minimum atomic E-state index is -1.36. The van der Waals surface area contributed by atoms with E-state index in [9.17, 15) is 14.7 Å². The van der Waals surface area contributed by atoms with Gasteiger partial charge in [-0.15, -0.1) is 0 Å². The summed E-state index contributed by atoms with van der Waals surface area (Å²) in [6.07, 6.45) is 0. The average Bonchev–Trinajstić information content (AvgIpc) is 2.69. The highest BCUT2D eigenvalue weighted by molar-refractivity contribution is 6.02. The van der Waals surface area contributed by atoms with Crippen molar-refractivity contribution in [3.8, 4) is 11.5 Å². The van der Waals surface area contributed by atoms with Gasteiger partial charge in [0.15, 0.2) is 5.75 Å². The smallest absolute Gasteiger partial charge is 0.341 e. The number of carboxylic acids is 1. The molecule has 0 saturated carbocycles. The predicted molar refractivity (Wildman–Crippen MR) is 91.0 cm³/mol. The zero-order valence-corrected chi connectivity index (χ0v) is 14.8. The van der Waals surface area contributed by atoms with Gasteiger partial charge in [-0.25, -0.2) is 19.4 Å². The first-order valence-electron chi connectivity index (χ1n) is 7.85. The molecule has 0 saturated heterocycles. The van der Waals surface area contributed by atoms with E-state index in [4.69, 9.17) is 30.8 Å².